The van der Waals surface area contributed by atoms with Gasteiger partial charge in [0.1, 0.15) is 5.75 Å². The highest BCUT2D eigenvalue weighted by atomic mass is 32.2. The Bertz CT molecular complexity index is 941. The lowest BCUT2D eigenvalue weighted by molar-refractivity contribution is -0.0500. The second-order valence-corrected chi connectivity index (χ2v) is 8.65. The summed E-state index contributed by atoms with van der Waals surface area (Å²) in [6.45, 7) is 8.11. The summed E-state index contributed by atoms with van der Waals surface area (Å²) in [5.41, 5.74) is -4.23. The molecule has 0 fully saturated rings. The van der Waals surface area contributed by atoms with Crippen molar-refractivity contribution in [3.63, 3.8) is 0 Å². The van der Waals surface area contributed by atoms with Crippen molar-refractivity contribution in [3.05, 3.63) is 41.5 Å². The molecule has 3 nitrogen and oxygen atoms in total. The molecule has 1 aliphatic rings. The molecule has 130 valence electrons. The van der Waals surface area contributed by atoms with Crippen LogP contribution in [0.15, 0.2) is 30.3 Å². The van der Waals surface area contributed by atoms with E-state index < -0.39 is 21.0 Å². The molecule has 0 radical (unpaired) electrons. The van der Waals surface area contributed by atoms with E-state index in [9.17, 15) is 21.6 Å². The molecule has 0 saturated heterocycles. The molecule has 0 saturated carbocycles. The minimum atomic E-state index is -5.69. The van der Waals surface area contributed by atoms with E-state index >= 15 is 0 Å². The Balaban J connectivity index is 2.24. The van der Waals surface area contributed by atoms with Gasteiger partial charge in [0.15, 0.2) is 0 Å². The quantitative estimate of drug-likeness (QED) is 0.580. The molecule has 1 aliphatic carbocycles. The Morgan fingerprint density at radius 3 is 2.12 bits per heavy atom. The zero-order valence-electron chi connectivity index (χ0n) is 13.7. The smallest absolute Gasteiger partial charge is 0.376 e. The highest BCUT2D eigenvalue weighted by Gasteiger charge is 2.50. The van der Waals surface area contributed by atoms with Crippen LogP contribution >= 0.6 is 0 Å². The van der Waals surface area contributed by atoms with E-state index in [0.717, 1.165) is 16.5 Å². The molecule has 0 bridgehead atoms. The standard InChI is InChI=1S/C17H17F3O3S/c1-15(2)12-7-5-6-10-8-11(23-24(21,22)17(18,19)20)9-13(14(10)12)16(15,3)4/h5-9H,1-4H3. The van der Waals surface area contributed by atoms with Gasteiger partial charge in [-0.2, -0.15) is 21.6 Å². The number of alkyl halides is 3. The van der Waals surface area contributed by atoms with E-state index in [2.05, 4.69) is 18.0 Å². The van der Waals surface area contributed by atoms with Crippen LogP contribution in [0.25, 0.3) is 10.8 Å². The molecule has 0 N–H and O–H groups in total. The number of benzene rings is 2. The normalized spacial score (nSPS) is 18.8. The van der Waals surface area contributed by atoms with Gasteiger partial charge in [-0.15, -0.1) is 0 Å². The fraction of sp³-hybridized carbons (Fsp3) is 0.412. The van der Waals surface area contributed by atoms with Gasteiger partial charge in [-0.05, 0) is 44.9 Å². The van der Waals surface area contributed by atoms with Crippen LogP contribution < -0.4 is 4.18 Å². The Hall–Kier alpha value is -1.76. The van der Waals surface area contributed by atoms with Crippen LogP contribution in [-0.4, -0.2) is 13.9 Å². The molecule has 0 amide bonds. The lowest BCUT2D eigenvalue weighted by atomic mass is 9.66. The van der Waals surface area contributed by atoms with Crippen LogP contribution in [0.4, 0.5) is 13.2 Å². The maximum Gasteiger partial charge on any atom is 0.534 e. The molecule has 7 heteroatoms. The number of hydrogen-bond acceptors (Lipinski definition) is 3. The van der Waals surface area contributed by atoms with E-state index in [4.69, 9.17) is 0 Å². The fourth-order valence-electron chi connectivity index (χ4n) is 3.31. The predicted molar refractivity (Wildman–Crippen MR) is 85.6 cm³/mol. The molecule has 2 aromatic rings. The number of hydrogen-bond donors (Lipinski definition) is 0. The van der Waals surface area contributed by atoms with Crippen LogP contribution in [0.2, 0.25) is 0 Å². The highest BCUT2D eigenvalue weighted by molar-refractivity contribution is 7.88. The van der Waals surface area contributed by atoms with E-state index in [1.807, 2.05) is 26.0 Å². The minimum absolute atomic E-state index is 0.254. The Morgan fingerprint density at radius 1 is 0.958 bits per heavy atom. The van der Waals surface area contributed by atoms with Crippen molar-refractivity contribution in [3.8, 4) is 5.75 Å². The van der Waals surface area contributed by atoms with Crippen molar-refractivity contribution in [1.29, 1.82) is 0 Å². The van der Waals surface area contributed by atoms with Crippen molar-refractivity contribution >= 4 is 20.9 Å². The van der Waals surface area contributed by atoms with Crippen molar-refractivity contribution in [2.45, 2.75) is 44.0 Å². The Kier molecular flexibility index (Phi) is 3.31. The lowest BCUT2D eigenvalue weighted by Crippen LogP contribution is -2.35. The molecular weight excluding hydrogens is 341 g/mol. The molecule has 24 heavy (non-hydrogen) atoms. The van der Waals surface area contributed by atoms with Crippen molar-refractivity contribution < 1.29 is 25.8 Å². The summed E-state index contributed by atoms with van der Waals surface area (Å²) in [5, 5.41) is 1.61. The van der Waals surface area contributed by atoms with Crippen LogP contribution in [-0.2, 0) is 20.9 Å². The summed E-state index contributed by atoms with van der Waals surface area (Å²) in [5.74, 6) is -0.322. The molecule has 0 unspecified atom stereocenters. The summed E-state index contributed by atoms with van der Waals surface area (Å²) in [6, 6.07) is 8.29. The first kappa shape index (κ1) is 17.1. The minimum Gasteiger partial charge on any atom is -0.376 e. The van der Waals surface area contributed by atoms with E-state index in [0.29, 0.717) is 5.39 Å². The third-order valence-corrected chi connectivity index (χ3v) is 6.33. The second kappa shape index (κ2) is 4.65. The van der Waals surface area contributed by atoms with E-state index in [1.54, 1.807) is 6.07 Å². The van der Waals surface area contributed by atoms with Gasteiger partial charge in [0.2, 0.25) is 0 Å². The van der Waals surface area contributed by atoms with E-state index in [1.165, 1.54) is 12.1 Å². The maximum absolute atomic E-state index is 12.6. The third kappa shape index (κ3) is 2.13. The molecule has 0 spiro atoms. The first-order valence-electron chi connectivity index (χ1n) is 7.37. The first-order chi connectivity index (χ1) is 10.8. The van der Waals surface area contributed by atoms with Gasteiger partial charge in [-0.3, -0.25) is 0 Å². The SMILES string of the molecule is CC1(C)c2cccc3cc(OS(=O)(=O)C(F)(F)F)cc(c23)C1(C)C. The Morgan fingerprint density at radius 2 is 1.54 bits per heavy atom. The van der Waals surface area contributed by atoms with Gasteiger partial charge in [-0.25, -0.2) is 0 Å². The zero-order valence-corrected chi connectivity index (χ0v) is 14.5. The third-order valence-electron chi connectivity index (χ3n) is 5.35. The lowest BCUT2D eigenvalue weighted by Gasteiger charge is -2.37. The number of halogens is 3. The Labute approximate surface area is 138 Å². The summed E-state index contributed by atoms with van der Waals surface area (Å²) in [6.07, 6.45) is 0. The monoisotopic (exact) mass is 358 g/mol. The van der Waals surface area contributed by atoms with Gasteiger partial charge in [0.05, 0.1) is 0 Å². The predicted octanol–water partition coefficient (Wildman–Crippen LogP) is 4.64. The maximum atomic E-state index is 12.6. The van der Waals surface area contributed by atoms with Crippen LogP contribution in [0, 0.1) is 0 Å². The van der Waals surface area contributed by atoms with Crippen LogP contribution in [0.1, 0.15) is 38.8 Å². The summed E-state index contributed by atoms with van der Waals surface area (Å²) in [7, 11) is -5.69. The average Bonchev–Trinajstić information content (AvgIpc) is 2.57. The highest BCUT2D eigenvalue weighted by Crippen LogP contribution is 2.55. The fourth-order valence-corrected chi connectivity index (χ4v) is 3.75. The van der Waals surface area contributed by atoms with Crippen molar-refractivity contribution in [2.24, 2.45) is 0 Å². The molecule has 0 aromatic heterocycles. The summed E-state index contributed by atoms with van der Waals surface area (Å²) < 4.78 is 64.7. The molecule has 3 rings (SSSR count). The topological polar surface area (TPSA) is 43.4 Å². The molecule has 0 aliphatic heterocycles. The van der Waals surface area contributed by atoms with E-state index in [-0.39, 0.29) is 11.2 Å². The molecule has 2 aromatic carbocycles. The van der Waals surface area contributed by atoms with Crippen LogP contribution in [0.3, 0.4) is 0 Å². The van der Waals surface area contributed by atoms with Gasteiger partial charge in [-0.1, -0.05) is 45.9 Å². The van der Waals surface area contributed by atoms with Gasteiger partial charge < -0.3 is 4.18 Å². The average molecular weight is 358 g/mol. The van der Waals surface area contributed by atoms with Crippen molar-refractivity contribution in [2.75, 3.05) is 0 Å². The van der Waals surface area contributed by atoms with Gasteiger partial charge in [0, 0.05) is 0 Å². The zero-order chi connectivity index (χ0) is 18.1. The second-order valence-electron chi connectivity index (χ2n) is 7.11. The largest absolute Gasteiger partial charge is 0.534 e. The summed E-state index contributed by atoms with van der Waals surface area (Å²) in [4.78, 5) is 0. The molecular formula is C17H17F3O3S. The first-order valence-corrected chi connectivity index (χ1v) is 8.78. The number of rotatable bonds is 2. The van der Waals surface area contributed by atoms with Gasteiger partial charge in [0.25, 0.3) is 0 Å². The molecule has 0 atom stereocenters. The van der Waals surface area contributed by atoms with Crippen LogP contribution in [0.5, 0.6) is 5.75 Å². The summed E-state index contributed by atoms with van der Waals surface area (Å²) >= 11 is 0. The molecule has 0 heterocycles. The van der Waals surface area contributed by atoms with Crippen molar-refractivity contribution in [1.82, 2.24) is 0 Å². The van der Waals surface area contributed by atoms with Gasteiger partial charge >= 0.3 is 15.6 Å².